The summed E-state index contributed by atoms with van der Waals surface area (Å²) in [5, 5.41) is 4.95. The highest BCUT2D eigenvalue weighted by Gasteiger charge is 2.11. The Hall–Kier alpha value is -2.49. The Morgan fingerprint density at radius 3 is 2.86 bits per heavy atom. The van der Waals surface area contributed by atoms with Crippen molar-refractivity contribution in [1.82, 2.24) is 5.32 Å². The number of carbonyl (C=O) groups is 1. The first kappa shape index (κ1) is 14.9. The maximum atomic E-state index is 10.8. The van der Waals surface area contributed by atoms with E-state index in [0.717, 1.165) is 35.1 Å². The zero-order valence-electron chi connectivity index (χ0n) is 12.2. The van der Waals surface area contributed by atoms with Gasteiger partial charge in [-0.05, 0) is 35.2 Å². The van der Waals surface area contributed by atoms with Gasteiger partial charge in [-0.1, -0.05) is 30.3 Å². The fourth-order valence-corrected chi connectivity index (χ4v) is 2.58. The molecule has 0 fully saturated rings. The number of hydrogen-bond donors (Lipinski definition) is 2. The van der Waals surface area contributed by atoms with E-state index in [9.17, 15) is 4.79 Å². The highest BCUT2D eigenvalue weighted by atomic mass is 16.5. The maximum Gasteiger partial charge on any atom is 0.312 e. The average Bonchev–Trinajstić information content (AvgIpc) is 2.47. The first-order valence-electron chi connectivity index (χ1n) is 6.89. The van der Waals surface area contributed by atoms with Gasteiger partial charge < -0.3 is 15.8 Å². The molecule has 2 rings (SSSR count). The molecule has 0 unspecified atom stereocenters. The van der Waals surface area contributed by atoms with E-state index in [1.807, 2.05) is 24.3 Å². The minimum Gasteiger partial charge on any atom is -0.496 e. The van der Waals surface area contributed by atoms with Crippen LogP contribution in [0.5, 0.6) is 5.75 Å². The van der Waals surface area contributed by atoms with Crippen LogP contribution in [-0.2, 0) is 12.8 Å². The Bertz CT molecular complexity index is 665. The Morgan fingerprint density at radius 2 is 2.19 bits per heavy atom. The first-order chi connectivity index (χ1) is 10.2. The Balaban J connectivity index is 2.48. The second kappa shape index (κ2) is 6.79. The summed E-state index contributed by atoms with van der Waals surface area (Å²) in [6, 6.07) is 9.69. The predicted molar refractivity (Wildman–Crippen MR) is 85.7 cm³/mol. The Morgan fingerprint density at radius 1 is 1.38 bits per heavy atom. The minimum atomic E-state index is -0.501. The summed E-state index contributed by atoms with van der Waals surface area (Å²) in [5.41, 5.74) is 7.40. The summed E-state index contributed by atoms with van der Waals surface area (Å²) >= 11 is 0. The number of carbonyl (C=O) groups excluding carboxylic acids is 1. The number of benzene rings is 2. The zero-order valence-corrected chi connectivity index (χ0v) is 12.2. The number of rotatable bonds is 6. The molecule has 0 spiro atoms. The molecule has 2 aromatic rings. The van der Waals surface area contributed by atoms with Crippen molar-refractivity contribution in [2.45, 2.75) is 12.8 Å². The molecule has 0 saturated carbocycles. The van der Waals surface area contributed by atoms with E-state index in [1.165, 1.54) is 5.39 Å². The Labute approximate surface area is 124 Å². The van der Waals surface area contributed by atoms with E-state index in [-0.39, 0.29) is 0 Å². The van der Waals surface area contributed by atoms with Crippen molar-refractivity contribution in [3.63, 3.8) is 0 Å². The van der Waals surface area contributed by atoms with Gasteiger partial charge in [0.25, 0.3) is 0 Å². The lowest BCUT2D eigenvalue weighted by atomic mass is 9.95. The molecule has 2 amide bonds. The third-order valence-electron chi connectivity index (χ3n) is 3.46. The molecular formula is C17H20N2O2. The summed E-state index contributed by atoms with van der Waals surface area (Å²) in [4.78, 5) is 10.8. The molecule has 0 aliphatic heterocycles. The molecular weight excluding hydrogens is 264 g/mol. The molecule has 3 N–H and O–H groups in total. The van der Waals surface area contributed by atoms with Crippen molar-refractivity contribution in [2.24, 2.45) is 5.73 Å². The molecule has 4 nitrogen and oxygen atoms in total. The van der Waals surface area contributed by atoms with Crippen LogP contribution in [0.3, 0.4) is 0 Å². The highest BCUT2D eigenvalue weighted by Crippen LogP contribution is 2.31. The Kier molecular flexibility index (Phi) is 4.82. The van der Waals surface area contributed by atoms with Crippen molar-refractivity contribution < 1.29 is 9.53 Å². The number of ether oxygens (including phenoxy) is 1. The summed E-state index contributed by atoms with van der Waals surface area (Å²) < 4.78 is 5.47. The molecule has 0 atom stereocenters. The average molecular weight is 284 g/mol. The molecule has 0 saturated heterocycles. The van der Waals surface area contributed by atoms with Crippen LogP contribution in [0, 0.1) is 0 Å². The van der Waals surface area contributed by atoms with Crippen molar-refractivity contribution in [3.8, 4) is 5.75 Å². The largest absolute Gasteiger partial charge is 0.496 e. The normalized spacial score (nSPS) is 10.3. The van der Waals surface area contributed by atoms with Crippen LogP contribution in [0.4, 0.5) is 4.79 Å². The summed E-state index contributed by atoms with van der Waals surface area (Å²) in [5.74, 6) is 0.859. The highest BCUT2D eigenvalue weighted by molar-refractivity contribution is 5.91. The number of urea groups is 1. The number of nitrogens with one attached hydrogen (secondary N) is 1. The fraction of sp³-hybridized carbons (Fsp3) is 0.235. The van der Waals surface area contributed by atoms with Gasteiger partial charge in [-0.15, -0.1) is 6.58 Å². The van der Waals surface area contributed by atoms with Gasteiger partial charge in [0.05, 0.1) is 7.11 Å². The fourth-order valence-electron chi connectivity index (χ4n) is 2.58. The van der Waals surface area contributed by atoms with Crippen LogP contribution in [-0.4, -0.2) is 19.7 Å². The van der Waals surface area contributed by atoms with Gasteiger partial charge in [-0.25, -0.2) is 4.79 Å². The van der Waals surface area contributed by atoms with E-state index >= 15 is 0 Å². The topological polar surface area (TPSA) is 64.3 Å². The van der Waals surface area contributed by atoms with Crippen LogP contribution in [0.25, 0.3) is 10.8 Å². The number of fused-ring (bicyclic) bond motifs is 1. The molecule has 4 heteroatoms. The van der Waals surface area contributed by atoms with E-state index < -0.39 is 6.03 Å². The summed E-state index contributed by atoms with van der Waals surface area (Å²) in [6.07, 6.45) is 3.33. The van der Waals surface area contributed by atoms with E-state index in [4.69, 9.17) is 10.5 Å². The number of allylic oxidation sites excluding steroid dienone is 1. The molecule has 0 aromatic heterocycles. The first-order valence-corrected chi connectivity index (χ1v) is 6.89. The van der Waals surface area contributed by atoms with Crippen LogP contribution in [0.15, 0.2) is 43.0 Å². The molecule has 0 aliphatic rings. The lowest BCUT2D eigenvalue weighted by Crippen LogP contribution is -2.30. The molecule has 0 radical (unpaired) electrons. The van der Waals surface area contributed by atoms with Gasteiger partial charge in [0.15, 0.2) is 0 Å². The second-order valence-electron chi connectivity index (χ2n) is 4.80. The quantitative estimate of drug-likeness (QED) is 0.801. The molecule has 21 heavy (non-hydrogen) atoms. The van der Waals surface area contributed by atoms with E-state index in [2.05, 4.69) is 24.0 Å². The van der Waals surface area contributed by atoms with Gasteiger partial charge in [0.1, 0.15) is 5.75 Å². The SMILES string of the molecule is C=CCc1c(OC)ccc2cccc(CCNC(N)=O)c12. The van der Waals surface area contributed by atoms with Gasteiger partial charge in [-0.2, -0.15) is 0 Å². The minimum absolute atomic E-state index is 0.501. The monoisotopic (exact) mass is 284 g/mol. The third kappa shape index (κ3) is 3.34. The number of hydrogen-bond acceptors (Lipinski definition) is 2. The molecule has 2 aromatic carbocycles. The second-order valence-corrected chi connectivity index (χ2v) is 4.80. The van der Waals surface area contributed by atoms with Crippen LogP contribution in [0.2, 0.25) is 0 Å². The lowest BCUT2D eigenvalue weighted by molar-refractivity contribution is 0.249. The molecule has 0 bridgehead atoms. The number of primary amides is 1. The molecule has 0 aliphatic carbocycles. The van der Waals surface area contributed by atoms with Crippen LogP contribution in [0.1, 0.15) is 11.1 Å². The zero-order chi connectivity index (χ0) is 15.2. The standard InChI is InChI=1S/C17H20N2O2/c1-3-5-14-15(21-2)9-8-12-6-4-7-13(16(12)14)10-11-19-17(18)20/h3-4,6-9H,1,5,10-11H2,2H3,(H3,18,19,20). The summed E-state index contributed by atoms with van der Waals surface area (Å²) in [7, 11) is 1.67. The number of nitrogens with two attached hydrogens (primary N) is 1. The predicted octanol–water partition coefficient (Wildman–Crippen LogP) is 2.79. The van der Waals surface area contributed by atoms with Gasteiger partial charge >= 0.3 is 6.03 Å². The van der Waals surface area contributed by atoms with Gasteiger partial charge in [-0.3, -0.25) is 0 Å². The van der Waals surface area contributed by atoms with E-state index in [1.54, 1.807) is 7.11 Å². The summed E-state index contributed by atoms with van der Waals surface area (Å²) in [6.45, 7) is 4.34. The van der Waals surface area contributed by atoms with Crippen molar-refractivity contribution in [3.05, 3.63) is 54.1 Å². The van der Waals surface area contributed by atoms with Crippen LogP contribution < -0.4 is 15.8 Å². The van der Waals surface area contributed by atoms with Crippen molar-refractivity contribution >= 4 is 16.8 Å². The molecule has 110 valence electrons. The number of methoxy groups -OCH3 is 1. The van der Waals surface area contributed by atoms with Crippen LogP contribution >= 0.6 is 0 Å². The third-order valence-corrected chi connectivity index (χ3v) is 3.46. The lowest BCUT2D eigenvalue weighted by Gasteiger charge is -2.14. The maximum absolute atomic E-state index is 10.8. The van der Waals surface area contributed by atoms with E-state index in [0.29, 0.717) is 6.54 Å². The van der Waals surface area contributed by atoms with Crippen molar-refractivity contribution in [1.29, 1.82) is 0 Å². The van der Waals surface area contributed by atoms with Gasteiger partial charge in [0, 0.05) is 12.1 Å². The smallest absolute Gasteiger partial charge is 0.312 e. The number of amides is 2. The molecule has 0 heterocycles. The van der Waals surface area contributed by atoms with Crippen molar-refractivity contribution in [2.75, 3.05) is 13.7 Å². The van der Waals surface area contributed by atoms with Gasteiger partial charge in [0.2, 0.25) is 0 Å².